The number of rotatable bonds is 10. The van der Waals surface area contributed by atoms with Gasteiger partial charge in [-0.05, 0) is 71.3 Å². The molecule has 5 aromatic rings. The number of nitrogens with one attached hydrogen (secondary N) is 3. The highest BCUT2D eigenvalue weighted by Gasteiger charge is 2.11. The summed E-state index contributed by atoms with van der Waals surface area (Å²) >= 11 is 0. The quantitative estimate of drug-likeness (QED) is 0.227. The van der Waals surface area contributed by atoms with Gasteiger partial charge in [-0.3, -0.25) is 14.0 Å². The number of carbonyl (C=O) groups excluding carboxylic acids is 2. The molecule has 196 valence electrons. The molecule has 3 N–H and O–H groups in total. The highest BCUT2D eigenvalue weighted by Crippen LogP contribution is 2.28. The second-order valence-corrected chi connectivity index (χ2v) is 9.40. The zero-order valence-corrected chi connectivity index (χ0v) is 21.9. The van der Waals surface area contributed by atoms with E-state index >= 15 is 0 Å². The van der Waals surface area contributed by atoms with Gasteiger partial charge in [-0.15, -0.1) is 0 Å². The number of anilines is 3. The van der Waals surface area contributed by atoms with E-state index in [4.69, 9.17) is 0 Å². The van der Waals surface area contributed by atoms with Crippen LogP contribution in [0.1, 0.15) is 21.5 Å². The number of imidazole rings is 1. The number of hydrogen-bond acceptors (Lipinski definition) is 5. The fourth-order valence-corrected chi connectivity index (χ4v) is 4.40. The maximum atomic E-state index is 12.7. The van der Waals surface area contributed by atoms with Gasteiger partial charge >= 0.3 is 0 Å². The lowest BCUT2D eigenvalue weighted by Crippen LogP contribution is -2.22. The van der Waals surface area contributed by atoms with Gasteiger partial charge in [-0.25, -0.2) is 4.98 Å². The fraction of sp³-hybridized carbons (Fsp3) is 0.129. The maximum absolute atomic E-state index is 12.7. The van der Waals surface area contributed by atoms with Crippen LogP contribution < -0.4 is 20.9 Å². The van der Waals surface area contributed by atoms with Crippen LogP contribution in [-0.4, -0.2) is 35.8 Å². The SMILES string of the molecule is CN(C)c1ccc(CNC(=O)c2ccc(Nc3ccc(-c4cccc(CNC=O)c4)n4ccnc34)cc2)cc1. The minimum atomic E-state index is -0.121. The topological polar surface area (TPSA) is 90.8 Å². The molecule has 0 saturated heterocycles. The van der Waals surface area contributed by atoms with Crippen molar-refractivity contribution in [1.29, 1.82) is 0 Å². The summed E-state index contributed by atoms with van der Waals surface area (Å²) in [6, 6.07) is 27.6. The first-order valence-corrected chi connectivity index (χ1v) is 12.7. The molecule has 3 aromatic carbocycles. The van der Waals surface area contributed by atoms with Gasteiger partial charge in [-0.2, -0.15) is 0 Å². The van der Waals surface area contributed by atoms with Crippen LogP contribution in [-0.2, 0) is 17.9 Å². The molecule has 8 nitrogen and oxygen atoms in total. The standard InChI is InChI=1S/C31H30N6O2/c1-36(2)27-12-6-22(7-13-27)20-34-31(39)24-8-10-26(11-9-24)35-28-14-15-29(37-17-16-33-30(28)37)25-5-3-4-23(18-25)19-32-21-38/h3-18,21,35H,19-20H2,1-2H3,(H,32,38)(H,34,39). The third-order valence-corrected chi connectivity index (χ3v) is 6.49. The summed E-state index contributed by atoms with van der Waals surface area (Å²) in [6.45, 7) is 0.940. The molecule has 0 unspecified atom stereocenters. The Hall–Kier alpha value is -5.11. The van der Waals surface area contributed by atoms with E-state index in [1.54, 1.807) is 6.20 Å². The molecule has 0 spiro atoms. The predicted molar refractivity (Wildman–Crippen MR) is 155 cm³/mol. The van der Waals surface area contributed by atoms with Crippen molar-refractivity contribution >= 4 is 35.0 Å². The van der Waals surface area contributed by atoms with Crippen LogP contribution in [0.4, 0.5) is 17.1 Å². The monoisotopic (exact) mass is 518 g/mol. The number of carbonyl (C=O) groups is 2. The van der Waals surface area contributed by atoms with Gasteiger partial charge in [0.15, 0.2) is 5.65 Å². The largest absolute Gasteiger partial charge is 0.378 e. The number of benzene rings is 3. The highest BCUT2D eigenvalue weighted by atomic mass is 16.1. The first-order valence-electron chi connectivity index (χ1n) is 12.7. The molecule has 0 aliphatic heterocycles. The molecule has 0 aliphatic rings. The second-order valence-electron chi connectivity index (χ2n) is 9.40. The summed E-state index contributed by atoms with van der Waals surface area (Å²) in [6.07, 6.45) is 4.39. The van der Waals surface area contributed by atoms with E-state index in [2.05, 4.69) is 27.0 Å². The summed E-state index contributed by atoms with van der Waals surface area (Å²) < 4.78 is 2.03. The Morgan fingerprint density at radius 3 is 2.46 bits per heavy atom. The molecular weight excluding hydrogens is 488 g/mol. The van der Waals surface area contributed by atoms with Crippen molar-refractivity contribution in [3.8, 4) is 11.3 Å². The number of pyridine rings is 1. The average molecular weight is 519 g/mol. The Bertz CT molecular complexity index is 1590. The summed E-state index contributed by atoms with van der Waals surface area (Å²) in [5, 5.41) is 9.11. The molecule has 5 rings (SSSR count). The van der Waals surface area contributed by atoms with E-state index in [-0.39, 0.29) is 5.91 Å². The van der Waals surface area contributed by atoms with Crippen molar-refractivity contribution in [2.75, 3.05) is 24.3 Å². The van der Waals surface area contributed by atoms with E-state index in [0.717, 1.165) is 45.1 Å². The van der Waals surface area contributed by atoms with Crippen molar-refractivity contribution in [3.05, 3.63) is 114 Å². The molecule has 0 saturated carbocycles. The zero-order valence-electron chi connectivity index (χ0n) is 21.9. The van der Waals surface area contributed by atoms with Crippen LogP contribution >= 0.6 is 0 Å². The minimum absolute atomic E-state index is 0.121. The van der Waals surface area contributed by atoms with Crippen molar-refractivity contribution < 1.29 is 9.59 Å². The van der Waals surface area contributed by atoms with Crippen molar-refractivity contribution in [1.82, 2.24) is 20.0 Å². The van der Waals surface area contributed by atoms with Crippen molar-refractivity contribution in [3.63, 3.8) is 0 Å². The van der Waals surface area contributed by atoms with Crippen LogP contribution in [0.5, 0.6) is 0 Å². The molecule has 39 heavy (non-hydrogen) atoms. The number of nitrogens with zero attached hydrogens (tertiary/aromatic N) is 3. The van der Waals surface area contributed by atoms with Gasteiger partial charge in [0.05, 0.1) is 11.4 Å². The molecule has 2 amide bonds. The molecule has 8 heteroatoms. The maximum Gasteiger partial charge on any atom is 0.251 e. The van der Waals surface area contributed by atoms with E-state index in [0.29, 0.717) is 25.1 Å². The van der Waals surface area contributed by atoms with Crippen LogP contribution in [0.2, 0.25) is 0 Å². The Labute approximate surface area is 227 Å². The Morgan fingerprint density at radius 2 is 1.72 bits per heavy atom. The van der Waals surface area contributed by atoms with Gasteiger partial charge < -0.3 is 20.9 Å². The molecule has 0 bridgehead atoms. The van der Waals surface area contributed by atoms with Gasteiger partial charge in [0.25, 0.3) is 5.91 Å². The Balaban J connectivity index is 1.27. The number of aromatic nitrogens is 2. The summed E-state index contributed by atoms with van der Waals surface area (Å²) in [4.78, 5) is 30.0. The lowest BCUT2D eigenvalue weighted by atomic mass is 10.1. The molecule has 0 aliphatic carbocycles. The van der Waals surface area contributed by atoms with Crippen LogP contribution in [0.3, 0.4) is 0 Å². The minimum Gasteiger partial charge on any atom is -0.378 e. The lowest BCUT2D eigenvalue weighted by molar-refractivity contribution is -0.109. The van der Waals surface area contributed by atoms with Gasteiger partial charge in [0.2, 0.25) is 6.41 Å². The van der Waals surface area contributed by atoms with E-state index in [9.17, 15) is 9.59 Å². The normalized spacial score (nSPS) is 10.7. The molecular formula is C31H30N6O2. The Kier molecular flexibility index (Phi) is 7.54. The fourth-order valence-electron chi connectivity index (χ4n) is 4.40. The molecule has 2 heterocycles. The first kappa shape index (κ1) is 25.5. The number of amides is 2. The molecule has 2 aromatic heterocycles. The summed E-state index contributed by atoms with van der Waals surface area (Å²) in [7, 11) is 4.00. The molecule has 0 atom stereocenters. The zero-order chi connectivity index (χ0) is 27.2. The van der Waals surface area contributed by atoms with E-state index in [1.807, 2.05) is 108 Å². The van der Waals surface area contributed by atoms with Crippen molar-refractivity contribution in [2.24, 2.45) is 0 Å². The molecule has 0 fully saturated rings. The third kappa shape index (κ3) is 5.91. The molecule has 0 radical (unpaired) electrons. The van der Waals surface area contributed by atoms with Crippen LogP contribution in [0, 0.1) is 0 Å². The number of hydrogen-bond donors (Lipinski definition) is 3. The summed E-state index contributed by atoms with van der Waals surface area (Å²) in [5.74, 6) is -0.121. The van der Waals surface area contributed by atoms with E-state index < -0.39 is 0 Å². The van der Waals surface area contributed by atoms with Gasteiger partial charge in [0, 0.05) is 56.5 Å². The lowest BCUT2D eigenvalue weighted by Gasteiger charge is -2.13. The Morgan fingerprint density at radius 1 is 0.923 bits per heavy atom. The summed E-state index contributed by atoms with van der Waals surface area (Å²) in [5.41, 5.74) is 8.27. The van der Waals surface area contributed by atoms with Crippen LogP contribution in [0.15, 0.2) is 97.3 Å². The van der Waals surface area contributed by atoms with E-state index in [1.165, 1.54) is 0 Å². The van der Waals surface area contributed by atoms with Crippen LogP contribution in [0.25, 0.3) is 16.9 Å². The first-order chi connectivity index (χ1) is 19.0. The number of fused-ring (bicyclic) bond motifs is 1. The predicted octanol–water partition coefficient (Wildman–Crippen LogP) is 4.99. The smallest absolute Gasteiger partial charge is 0.251 e. The average Bonchev–Trinajstić information content (AvgIpc) is 3.46. The highest BCUT2D eigenvalue weighted by molar-refractivity contribution is 5.94. The second kappa shape index (κ2) is 11.5. The van der Waals surface area contributed by atoms with Gasteiger partial charge in [-0.1, -0.05) is 30.3 Å². The van der Waals surface area contributed by atoms with Crippen molar-refractivity contribution in [2.45, 2.75) is 13.1 Å². The third-order valence-electron chi connectivity index (χ3n) is 6.49. The van der Waals surface area contributed by atoms with Gasteiger partial charge in [0.1, 0.15) is 0 Å².